The molecule has 0 saturated carbocycles. The maximum Gasteiger partial charge on any atom is 0.291 e. The van der Waals surface area contributed by atoms with E-state index in [-0.39, 0.29) is 23.0 Å². The monoisotopic (exact) mass is 373 g/mol. The molecule has 2 aliphatic rings. The highest BCUT2D eigenvalue weighted by molar-refractivity contribution is 6.34. The maximum absolute atomic E-state index is 12.8. The van der Waals surface area contributed by atoms with Gasteiger partial charge in [0.1, 0.15) is 0 Å². The third-order valence-corrected chi connectivity index (χ3v) is 5.58. The number of furan rings is 1. The second kappa shape index (κ2) is 6.78. The van der Waals surface area contributed by atoms with Gasteiger partial charge in [0.15, 0.2) is 5.76 Å². The molecule has 1 aromatic heterocycles. The Bertz CT molecular complexity index is 833. The fourth-order valence-electron chi connectivity index (χ4n) is 3.84. The Hall–Kier alpha value is -2.31. The van der Waals surface area contributed by atoms with Crippen molar-refractivity contribution in [2.45, 2.75) is 19.3 Å². The Labute approximate surface area is 156 Å². The number of halogens is 1. The average molecular weight is 374 g/mol. The van der Waals surface area contributed by atoms with Crippen LogP contribution < -0.4 is 10.6 Å². The molecular formula is C19H20ClN3O3. The number of nitrogens with one attached hydrogen (secondary N) is 2. The van der Waals surface area contributed by atoms with Crippen molar-refractivity contribution < 1.29 is 14.0 Å². The zero-order valence-electron chi connectivity index (χ0n) is 14.3. The number of rotatable bonds is 4. The van der Waals surface area contributed by atoms with Gasteiger partial charge in [-0.05, 0) is 62.7 Å². The van der Waals surface area contributed by atoms with Gasteiger partial charge < -0.3 is 20.0 Å². The van der Waals surface area contributed by atoms with Crippen molar-refractivity contribution in [1.29, 1.82) is 0 Å². The molecule has 2 aliphatic heterocycles. The van der Waals surface area contributed by atoms with E-state index in [2.05, 4.69) is 15.5 Å². The van der Waals surface area contributed by atoms with Gasteiger partial charge in [-0.15, -0.1) is 0 Å². The predicted molar refractivity (Wildman–Crippen MR) is 99.5 cm³/mol. The molecule has 3 heterocycles. The molecule has 2 atom stereocenters. The second-order valence-corrected chi connectivity index (χ2v) is 7.40. The molecule has 0 aliphatic carbocycles. The Morgan fingerprint density at radius 3 is 2.81 bits per heavy atom. The van der Waals surface area contributed by atoms with Crippen LogP contribution in [0.5, 0.6) is 0 Å². The van der Waals surface area contributed by atoms with Gasteiger partial charge in [0.2, 0.25) is 5.91 Å². The summed E-state index contributed by atoms with van der Waals surface area (Å²) in [6.45, 7) is 2.92. The maximum atomic E-state index is 12.8. The van der Waals surface area contributed by atoms with Crippen molar-refractivity contribution in [2.75, 3.05) is 30.3 Å². The summed E-state index contributed by atoms with van der Waals surface area (Å²) in [5.41, 5.74) is 0.819. The fourth-order valence-corrected chi connectivity index (χ4v) is 4.07. The van der Waals surface area contributed by atoms with E-state index in [0.29, 0.717) is 16.4 Å². The van der Waals surface area contributed by atoms with E-state index < -0.39 is 0 Å². The van der Waals surface area contributed by atoms with Crippen LogP contribution in [0.15, 0.2) is 41.0 Å². The lowest BCUT2D eigenvalue weighted by atomic mass is 9.80. The van der Waals surface area contributed by atoms with Crippen LogP contribution in [0.25, 0.3) is 0 Å². The Kier molecular flexibility index (Phi) is 4.46. The Morgan fingerprint density at radius 2 is 2.04 bits per heavy atom. The normalized spacial score (nSPS) is 24.3. The number of piperidine rings is 1. The molecule has 2 fully saturated rings. The highest BCUT2D eigenvalue weighted by Crippen LogP contribution is 2.40. The van der Waals surface area contributed by atoms with Gasteiger partial charge in [0.25, 0.3) is 5.91 Å². The molecule has 7 heteroatoms. The van der Waals surface area contributed by atoms with E-state index in [4.69, 9.17) is 16.0 Å². The molecule has 26 heavy (non-hydrogen) atoms. The van der Waals surface area contributed by atoms with Crippen LogP contribution in [0.1, 0.15) is 29.8 Å². The lowest BCUT2D eigenvalue weighted by Crippen LogP contribution is -2.42. The SMILES string of the molecule is O=C(Nc1ccc(NC(=O)C23CCCN(CC2)C3)cc1Cl)c1ccco1. The van der Waals surface area contributed by atoms with Gasteiger partial charge in [-0.2, -0.15) is 0 Å². The molecule has 2 amide bonds. The van der Waals surface area contributed by atoms with E-state index in [9.17, 15) is 9.59 Å². The lowest BCUT2D eigenvalue weighted by Gasteiger charge is -2.32. The van der Waals surface area contributed by atoms with Gasteiger partial charge in [-0.3, -0.25) is 9.59 Å². The van der Waals surface area contributed by atoms with Crippen molar-refractivity contribution in [1.82, 2.24) is 4.90 Å². The Morgan fingerprint density at radius 1 is 1.15 bits per heavy atom. The first-order chi connectivity index (χ1) is 12.6. The van der Waals surface area contributed by atoms with E-state index in [1.807, 2.05) is 0 Å². The number of anilines is 2. The van der Waals surface area contributed by atoms with Gasteiger partial charge in [0.05, 0.1) is 22.4 Å². The van der Waals surface area contributed by atoms with Crippen LogP contribution in [0, 0.1) is 5.41 Å². The van der Waals surface area contributed by atoms with E-state index in [1.54, 1.807) is 30.3 Å². The molecule has 2 unspecified atom stereocenters. The molecule has 2 saturated heterocycles. The largest absolute Gasteiger partial charge is 0.459 e. The number of benzene rings is 1. The zero-order chi connectivity index (χ0) is 18.1. The number of carbonyl (C=O) groups excluding carboxylic acids is 2. The fraction of sp³-hybridized carbons (Fsp3) is 0.368. The van der Waals surface area contributed by atoms with Crippen LogP contribution in [0.3, 0.4) is 0 Å². The highest BCUT2D eigenvalue weighted by Gasteiger charge is 2.46. The molecule has 2 aromatic rings. The molecule has 136 valence electrons. The van der Waals surface area contributed by atoms with Crippen LogP contribution in [-0.4, -0.2) is 36.3 Å². The lowest BCUT2D eigenvalue weighted by molar-refractivity contribution is -0.126. The summed E-state index contributed by atoms with van der Waals surface area (Å²) in [5.74, 6) is -0.107. The van der Waals surface area contributed by atoms with Crippen molar-refractivity contribution in [3.63, 3.8) is 0 Å². The van der Waals surface area contributed by atoms with Crippen molar-refractivity contribution in [3.05, 3.63) is 47.4 Å². The molecule has 2 bridgehead atoms. The van der Waals surface area contributed by atoms with Crippen molar-refractivity contribution in [2.24, 2.45) is 5.41 Å². The predicted octanol–water partition coefficient (Wildman–Crippen LogP) is 3.61. The molecule has 0 radical (unpaired) electrons. The number of amides is 2. The Balaban J connectivity index is 1.44. The van der Waals surface area contributed by atoms with Crippen LogP contribution >= 0.6 is 11.6 Å². The second-order valence-electron chi connectivity index (χ2n) is 6.99. The number of fused-ring (bicyclic) bond motifs is 2. The van der Waals surface area contributed by atoms with Crippen molar-refractivity contribution in [3.8, 4) is 0 Å². The number of nitrogens with zero attached hydrogens (tertiary/aromatic N) is 1. The first kappa shape index (κ1) is 17.1. The minimum absolute atomic E-state index is 0.0585. The summed E-state index contributed by atoms with van der Waals surface area (Å²) >= 11 is 6.28. The van der Waals surface area contributed by atoms with E-state index in [0.717, 1.165) is 38.9 Å². The van der Waals surface area contributed by atoms with Gasteiger partial charge in [-0.1, -0.05) is 11.6 Å². The number of hydrogen-bond acceptors (Lipinski definition) is 4. The number of hydrogen-bond donors (Lipinski definition) is 2. The third-order valence-electron chi connectivity index (χ3n) is 5.26. The standard InChI is InChI=1S/C19H20ClN3O3/c20-14-11-13(4-5-15(14)22-17(24)16-3-1-10-26-16)21-18(25)19-6-2-8-23(12-19)9-7-19/h1,3-5,10-11H,2,6-9,12H2,(H,21,25)(H,22,24). The number of carbonyl (C=O) groups is 2. The third kappa shape index (κ3) is 3.22. The summed E-state index contributed by atoms with van der Waals surface area (Å²) in [6.07, 6.45) is 4.33. The van der Waals surface area contributed by atoms with Crippen LogP contribution in [0.4, 0.5) is 11.4 Å². The van der Waals surface area contributed by atoms with Gasteiger partial charge in [0, 0.05) is 12.2 Å². The minimum Gasteiger partial charge on any atom is -0.459 e. The molecule has 1 aromatic carbocycles. The van der Waals surface area contributed by atoms with Gasteiger partial charge >= 0.3 is 0 Å². The van der Waals surface area contributed by atoms with Crippen molar-refractivity contribution >= 4 is 34.8 Å². The van der Waals surface area contributed by atoms with E-state index in [1.165, 1.54) is 6.26 Å². The summed E-state index contributed by atoms with van der Waals surface area (Å²) in [5, 5.41) is 6.05. The molecule has 2 N–H and O–H groups in total. The summed E-state index contributed by atoms with van der Waals surface area (Å²) in [4.78, 5) is 27.2. The summed E-state index contributed by atoms with van der Waals surface area (Å²) in [6, 6.07) is 8.30. The van der Waals surface area contributed by atoms with Crippen LogP contribution in [-0.2, 0) is 4.79 Å². The summed E-state index contributed by atoms with van der Waals surface area (Å²) < 4.78 is 5.06. The van der Waals surface area contributed by atoms with Gasteiger partial charge in [-0.25, -0.2) is 0 Å². The average Bonchev–Trinajstić information content (AvgIpc) is 3.26. The molecule has 0 spiro atoms. The quantitative estimate of drug-likeness (QED) is 0.858. The molecule has 6 nitrogen and oxygen atoms in total. The molecule has 4 rings (SSSR count). The first-order valence-electron chi connectivity index (χ1n) is 8.74. The first-order valence-corrected chi connectivity index (χ1v) is 9.12. The molecular weight excluding hydrogens is 354 g/mol. The van der Waals surface area contributed by atoms with E-state index >= 15 is 0 Å². The topological polar surface area (TPSA) is 74.6 Å². The smallest absolute Gasteiger partial charge is 0.291 e. The highest BCUT2D eigenvalue weighted by atomic mass is 35.5. The minimum atomic E-state index is -0.374. The summed E-state index contributed by atoms with van der Waals surface area (Å²) in [7, 11) is 0. The van der Waals surface area contributed by atoms with Crippen LogP contribution in [0.2, 0.25) is 5.02 Å². The zero-order valence-corrected chi connectivity index (χ0v) is 15.0.